The molecule has 0 aliphatic rings. The fraction of sp³-hybridized carbons (Fsp3) is 0.308. The van der Waals surface area contributed by atoms with Gasteiger partial charge in [0.25, 0.3) is 0 Å². The van der Waals surface area contributed by atoms with Gasteiger partial charge in [0.1, 0.15) is 4.99 Å². The Hall–Kier alpha value is -1.95. The number of rotatable bonds is 5. The van der Waals surface area contributed by atoms with Gasteiger partial charge in [-0.3, -0.25) is 9.67 Å². The van der Waals surface area contributed by atoms with E-state index in [1.165, 1.54) is 5.56 Å². The number of aryl methyl sites for hydroxylation is 2. The molecular formula is C13H17N5S. The molecule has 0 amide bonds. The van der Waals surface area contributed by atoms with E-state index in [1.54, 1.807) is 6.20 Å². The summed E-state index contributed by atoms with van der Waals surface area (Å²) in [5, 5.41) is 7.72. The molecule has 0 atom stereocenters. The summed E-state index contributed by atoms with van der Waals surface area (Å²) >= 11 is 4.87. The molecule has 0 aromatic carbocycles. The molecule has 0 fully saturated rings. The van der Waals surface area contributed by atoms with Crippen LogP contribution in [0.5, 0.6) is 0 Å². The van der Waals surface area contributed by atoms with E-state index in [2.05, 4.69) is 22.3 Å². The van der Waals surface area contributed by atoms with E-state index in [1.807, 2.05) is 30.1 Å². The van der Waals surface area contributed by atoms with Crippen LogP contribution in [0.4, 0.5) is 5.69 Å². The number of nitrogens with one attached hydrogen (secondary N) is 1. The number of nitrogens with zero attached hydrogens (tertiary/aromatic N) is 3. The van der Waals surface area contributed by atoms with Crippen molar-refractivity contribution in [2.24, 2.45) is 12.8 Å². The molecule has 3 N–H and O–H groups in total. The Kier molecular flexibility index (Phi) is 4.11. The first-order chi connectivity index (χ1) is 9.10. The fourth-order valence-corrected chi connectivity index (χ4v) is 1.99. The van der Waals surface area contributed by atoms with Crippen LogP contribution in [0.1, 0.15) is 23.9 Å². The Labute approximate surface area is 117 Å². The highest BCUT2D eigenvalue weighted by Crippen LogP contribution is 2.12. The summed E-state index contributed by atoms with van der Waals surface area (Å²) in [6.45, 7) is 2.83. The number of nitrogens with two attached hydrogens (primary N) is 1. The molecule has 0 saturated carbocycles. The number of pyridine rings is 1. The van der Waals surface area contributed by atoms with Crippen LogP contribution in [-0.2, 0) is 20.0 Å². The van der Waals surface area contributed by atoms with Crippen LogP contribution >= 0.6 is 12.2 Å². The van der Waals surface area contributed by atoms with Gasteiger partial charge < -0.3 is 11.1 Å². The number of hydrogen-bond donors (Lipinski definition) is 2. The van der Waals surface area contributed by atoms with E-state index < -0.39 is 0 Å². The SMILES string of the molecule is CCc1nn(C)cc1CNc1ccc(C(N)=S)nc1. The van der Waals surface area contributed by atoms with E-state index in [0.29, 0.717) is 10.7 Å². The van der Waals surface area contributed by atoms with Crippen LogP contribution in [-0.4, -0.2) is 19.8 Å². The largest absolute Gasteiger partial charge is 0.388 e. The van der Waals surface area contributed by atoms with Crippen LogP contribution in [0.25, 0.3) is 0 Å². The van der Waals surface area contributed by atoms with Crippen LogP contribution in [0.3, 0.4) is 0 Å². The van der Waals surface area contributed by atoms with E-state index in [9.17, 15) is 0 Å². The zero-order valence-electron chi connectivity index (χ0n) is 11.1. The molecule has 0 bridgehead atoms. The summed E-state index contributed by atoms with van der Waals surface area (Å²) in [5.74, 6) is 0. The van der Waals surface area contributed by atoms with Crippen molar-refractivity contribution in [1.82, 2.24) is 14.8 Å². The van der Waals surface area contributed by atoms with Crippen molar-refractivity contribution in [3.05, 3.63) is 41.5 Å². The lowest BCUT2D eigenvalue weighted by Gasteiger charge is -2.06. The maximum Gasteiger partial charge on any atom is 0.122 e. The lowest BCUT2D eigenvalue weighted by molar-refractivity contribution is 0.746. The highest BCUT2D eigenvalue weighted by atomic mass is 32.1. The first-order valence-corrected chi connectivity index (χ1v) is 6.52. The van der Waals surface area contributed by atoms with E-state index in [4.69, 9.17) is 18.0 Å². The molecule has 2 aromatic rings. The molecule has 5 nitrogen and oxygen atoms in total. The van der Waals surface area contributed by atoms with Crippen molar-refractivity contribution in [2.45, 2.75) is 19.9 Å². The van der Waals surface area contributed by atoms with Gasteiger partial charge in [-0.1, -0.05) is 19.1 Å². The quantitative estimate of drug-likeness (QED) is 0.812. The van der Waals surface area contributed by atoms with Crippen molar-refractivity contribution in [3.8, 4) is 0 Å². The molecule has 100 valence electrons. The predicted molar refractivity (Wildman–Crippen MR) is 80.0 cm³/mol. The minimum atomic E-state index is 0.312. The predicted octanol–water partition coefficient (Wildman–Crippen LogP) is 1.62. The second-order valence-corrected chi connectivity index (χ2v) is 4.72. The van der Waals surface area contributed by atoms with Crippen molar-refractivity contribution in [2.75, 3.05) is 5.32 Å². The maximum atomic E-state index is 5.51. The molecule has 6 heteroatoms. The molecule has 0 radical (unpaired) electrons. The first-order valence-electron chi connectivity index (χ1n) is 6.11. The minimum Gasteiger partial charge on any atom is -0.388 e. The minimum absolute atomic E-state index is 0.312. The summed E-state index contributed by atoms with van der Waals surface area (Å²) in [5.41, 5.74) is 9.39. The first kappa shape index (κ1) is 13.5. The molecule has 0 spiro atoms. The van der Waals surface area contributed by atoms with Crippen molar-refractivity contribution in [3.63, 3.8) is 0 Å². The fourth-order valence-electron chi connectivity index (χ4n) is 1.87. The van der Waals surface area contributed by atoms with Gasteiger partial charge in [0.15, 0.2) is 0 Å². The Morgan fingerprint density at radius 3 is 2.84 bits per heavy atom. The van der Waals surface area contributed by atoms with Crippen LogP contribution in [0.2, 0.25) is 0 Å². The monoisotopic (exact) mass is 275 g/mol. The second kappa shape index (κ2) is 5.79. The molecule has 19 heavy (non-hydrogen) atoms. The Bertz CT molecular complexity index is 573. The lowest BCUT2D eigenvalue weighted by Crippen LogP contribution is -2.11. The molecule has 0 aliphatic carbocycles. The van der Waals surface area contributed by atoms with Gasteiger partial charge in [0, 0.05) is 25.4 Å². The molecular weight excluding hydrogens is 258 g/mol. The van der Waals surface area contributed by atoms with E-state index >= 15 is 0 Å². The normalized spacial score (nSPS) is 10.4. The Balaban J connectivity index is 2.03. The second-order valence-electron chi connectivity index (χ2n) is 4.28. The number of anilines is 1. The highest BCUT2D eigenvalue weighted by molar-refractivity contribution is 7.80. The molecule has 0 saturated heterocycles. The number of aromatic nitrogens is 3. The summed E-state index contributed by atoms with van der Waals surface area (Å²) in [6.07, 6.45) is 4.69. The van der Waals surface area contributed by atoms with Crippen LogP contribution in [0, 0.1) is 0 Å². The third-order valence-electron chi connectivity index (χ3n) is 2.83. The maximum absolute atomic E-state index is 5.51. The van der Waals surface area contributed by atoms with Gasteiger partial charge in [-0.2, -0.15) is 5.10 Å². The number of hydrogen-bond acceptors (Lipinski definition) is 4. The van der Waals surface area contributed by atoms with Gasteiger partial charge >= 0.3 is 0 Å². The van der Waals surface area contributed by atoms with Gasteiger partial charge in [0.2, 0.25) is 0 Å². The van der Waals surface area contributed by atoms with E-state index in [-0.39, 0.29) is 0 Å². The van der Waals surface area contributed by atoms with Gasteiger partial charge in [-0.05, 0) is 18.6 Å². The topological polar surface area (TPSA) is 68.8 Å². The van der Waals surface area contributed by atoms with Gasteiger partial charge in [-0.25, -0.2) is 0 Å². The van der Waals surface area contributed by atoms with Crippen LogP contribution in [0.15, 0.2) is 24.5 Å². The molecule has 2 aromatic heterocycles. The Morgan fingerprint density at radius 2 is 2.26 bits per heavy atom. The third kappa shape index (κ3) is 3.29. The number of thiocarbonyl (C=S) groups is 1. The molecule has 2 rings (SSSR count). The molecule has 2 heterocycles. The van der Waals surface area contributed by atoms with Crippen molar-refractivity contribution < 1.29 is 0 Å². The smallest absolute Gasteiger partial charge is 0.122 e. The zero-order valence-corrected chi connectivity index (χ0v) is 11.9. The average molecular weight is 275 g/mol. The molecule has 0 aliphatic heterocycles. The average Bonchev–Trinajstić information content (AvgIpc) is 2.77. The summed E-state index contributed by atoms with van der Waals surface area (Å²) in [4.78, 5) is 4.50. The summed E-state index contributed by atoms with van der Waals surface area (Å²) < 4.78 is 1.84. The van der Waals surface area contributed by atoms with Crippen molar-refractivity contribution in [1.29, 1.82) is 0 Å². The third-order valence-corrected chi connectivity index (χ3v) is 3.03. The summed E-state index contributed by atoms with van der Waals surface area (Å²) in [7, 11) is 1.93. The highest BCUT2D eigenvalue weighted by Gasteiger charge is 2.05. The lowest BCUT2D eigenvalue weighted by atomic mass is 10.2. The zero-order chi connectivity index (χ0) is 13.8. The standard InChI is InChI=1S/C13H17N5S/c1-3-11-9(8-18(2)17-11)6-15-10-4-5-12(13(14)19)16-7-10/h4-5,7-8,15H,3,6H2,1-2H3,(H2,14,19). The molecule has 0 unspecified atom stereocenters. The van der Waals surface area contributed by atoms with E-state index in [0.717, 1.165) is 24.3 Å². The van der Waals surface area contributed by atoms with Crippen LogP contribution < -0.4 is 11.1 Å². The Morgan fingerprint density at radius 1 is 1.47 bits per heavy atom. The summed E-state index contributed by atoms with van der Waals surface area (Å²) in [6, 6.07) is 3.73. The van der Waals surface area contributed by atoms with Gasteiger partial charge in [-0.15, -0.1) is 0 Å². The van der Waals surface area contributed by atoms with Gasteiger partial charge in [0.05, 0.1) is 23.3 Å². The van der Waals surface area contributed by atoms with Crippen molar-refractivity contribution >= 4 is 22.9 Å².